The summed E-state index contributed by atoms with van der Waals surface area (Å²) in [7, 11) is 0. The van der Waals surface area contributed by atoms with Crippen LogP contribution in [-0.2, 0) is 9.47 Å². The van der Waals surface area contributed by atoms with Crippen molar-refractivity contribution < 1.29 is 9.47 Å². The summed E-state index contributed by atoms with van der Waals surface area (Å²) in [6, 6.07) is 0. The predicted molar refractivity (Wildman–Crippen MR) is 44.6 cm³/mol. The molecule has 3 fully saturated rings. The zero-order chi connectivity index (χ0) is 8.18. The Balaban J connectivity index is 1.82. The average Bonchev–Trinajstić information content (AvgIpc) is 2.57. The lowest BCUT2D eigenvalue weighted by atomic mass is 9.70. The highest BCUT2D eigenvalue weighted by Crippen LogP contribution is 2.58. The number of ether oxygens (including phenoxy) is 2. The van der Waals surface area contributed by atoms with Gasteiger partial charge in [-0.25, -0.2) is 0 Å². The molecule has 12 heavy (non-hydrogen) atoms. The van der Waals surface area contributed by atoms with Gasteiger partial charge in [-0.2, -0.15) is 0 Å². The molecule has 2 atom stereocenters. The largest absolute Gasteiger partial charge is 0.347 e. The minimum Gasteiger partial charge on any atom is -0.347 e. The molecule has 1 spiro atoms. The number of hydrogen-bond donors (Lipinski definition) is 0. The Hall–Kier alpha value is -0.340. The van der Waals surface area contributed by atoms with E-state index in [-0.39, 0.29) is 5.79 Å². The standard InChI is InChI=1S/C10H14O2/c1-7-4-8-6-10(9(8)5-7)11-2-3-12-10/h8-9H,1-6H2/t8-,9-/m1/s1. The average molecular weight is 166 g/mol. The second-order valence-electron chi connectivity index (χ2n) is 4.24. The molecule has 0 aromatic rings. The highest BCUT2D eigenvalue weighted by Gasteiger charge is 2.60. The minimum atomic E-state index is -0.163. The van der Waals surface area contributed by atoms with Crippen molar-refractivity contribution in [1.29, 1.82) is 0 Å². The summed E-state index contributed by atoms with van der Waals surface area (Å²) < 4.78 is 11.4. The van der Waals surface area contributed by atoms with E-state index in [1.54, 1.807) is 0 Å². The third-order valence-corrected chi connectivity index (χ3v) is 3.52. The third-order valence-electron chi connectivity index (χ3n) is 3.52. The maximum Gasteiger partial charge on any atom is 0.172 e. The molecule has 0 amide bonds. The molecular weight excluding hydrogens is 152 g/mol. The summed E-state index contributed by atoms with van der Waals surface area (Å²) in [5.41, 5.74) is 1.39. The zero-order valence-electron chi connectivity index (χ0n) is 7.21. The normalized spacial score (nSPS) is 43.2. The molecule has 3 rings (SSSR count). The molecule has 1 aliphatic heterocycles. The lowest BCUT2D eigenvalue weighted by Crippen LogP contribution is -2.52. The first-order valence-corrected chi connectivity index (χ1v) is 4.75. The fourth-order valence-electron chi connectivity index (χ4n) is 2.96. The Kier molecular flexibility index (Phi) is 1.25. The molecule has 0 aromatic heterocycles. The Bertz CT molecular complexity index is 228. The van der Waals surface area contributed by atoms with Gasteiger partial charge in [0.25, 0.3) is 0 Å². The molecule has 0 aromatic carbocycles. The SMILES string of the molecule is C=C1C[C@@H]2CC3(OCCO3)[C@@H]2C1. The smallest absolute Gasteiger partial charge is 0.172 e. The molecule has 0 bridgehead atoms. The van der Waals surface area contributed by atoms with Gasteiger partial charge < -0.3 is 9.47 Å². The summed E-state index contributed by atoms with van der Waals surface area (Å²) in [5, 5.41) is 0. The highest BCUT2D eigenvalue weighted by atomic mass is 16.7. The molecular formula is C10H14O2. The number of rotatable bonds is 0. The van der Waals surface area contributed by atoms with Crippen LogP contribution in [-0.4, -0.2) is 19.0 Å². The topological polar surface area (TPSA) is 18.5 Å². The van der Waals surface area contributed by atoms with Crippen LogP contribution in [0.2, 0.25) is 0 Å². The number of hydrogen-bond acceptors (Lipinski definition) is 2. The van der Waals surface area contributed by atoms with Gasteiger partial charge in [0.15, 0.2) is 5.79 Å². The predicted octanol–water partition coefficient (Wildman–Crippen LogP) is 1.72. The van der Waals surface area contributed by atoms with E-state index in [2.05, 4.69) is 6.58 Å². The van der Waals surface area contributed by atoms with E-state index in [0.29, 0.717) is 5.92 Å². The van der Waals surface area contributed by atoms with Crippen molar-refractivity contribution in [2.24, 2.45) is 11.8 Å². The molecule has 1 heterocycles. The summed E-state index contributed by atoms with van der Waals surface area (Å²) in [6.45, 7) is 5.61. The Morgan fingerprint density at radius 3 is 2.67 bits per heavy atom. The van der Waals surface area contributed by atoms with Crippen LogP contribution in [0.15, 0.2) is 12.2 Å². The van der Waals surface area contributed by atoms with Crippen LogP contribution in [0, 0.1) is 11.8 Å². The Morgan fingerprint density at radius 2 is 2.00 bits per heavy atom. The lowest BCUT2D eigenvalue weighted by molar-refractivity contribution is -0.267. The van der Waals surface area contributed by atoms with E-state index in [1.807, 2.05) is 0 Å². The molecule has 66 valence electrons. The van der Waals surface area contributed by atoms with Gasteiger partial charge in [-0.15, -0.1) is 0 Å². The fraction of sp³-hybridized carbons (Fsp3) is 0.800. The van der Waals surface area contributed by atoms with Crippen LogP contribution in [0.1, 0.15) is 19.3 Å². The van der Waals surface area contributed by atoms with Gasteiger partial charge in [-0.3, -0.25) is 0 Å². The summed E-state index contributed by atoms with van der Waals surface area (Å²) >= 11 is 0. The third kappa shape index (κ3) is 0.723. The van der Waals surface area contributed by atoms with Crippen molar-refractivity contribution in [3.05, 3.63) is 12.2 Å². The molecule has 0 unspecified atom stereocenters. The van der Waals surface area contributed by atoms with E-state index >= 15 is 0 Å². The first kappa shape index (κ1) is 7.10. The highest BCUT2D eigenvalue weighted by molar-refractivity contribution is 5.16. The quantitative estimate of drug-likeness (QED) is 0.510. The van der Waals surface area contributed by atoms with Crippen molar-refractivity contribution in [2.45, 2.75) is 25.0 Å². The molecule has 0 radical (unpaired) electrons. The summed E-state index contributed by atoms with van der Waals surface area (Å²) in [6.07, 6.45) is 3.44. The van der Waals surface area contributed by atoms with Crippen LogP contribution >= 0.6 is 0 Å². The van der Waals surface area contributed by atoms with E-state index < -0.39 is 0 Å². The zero-order valence-corrected chi connectivity index (χ0v) is 7.21. The first-order valence-electron chi connectivity index (χ1n) is 4.75. The molecule has 2 saturated carbocycles. The monoisotopic (exact) mass is 166 g/mol. The van der Waals surface area contributed by atoms with Crippen LogP contribution in [0.3, 0.4) is 0 Å². The van der Waals surface area contributed by atoms with Gasteiger partial charge in [0.1, 0.15) is 0 Å². The van der Waals surface area contributed by atoms with Gasteiger partial charge in [-0.05, 0) is 18.8 Å². The van der Waals surface area contributed by atoms with Gasteiger partial charge in [0.2, 0.25) is 0 Å². The lowest BCUT2D eigenvalue weighted by Gasteiger charge is -2.47. The van der Waals surface area contributed by atoms with Gasteiger partial charge >= 0.3 is 0 Å². The Morgan fingerprint density at radius 1 is 1.25 bits per heavy atom. The van der Waals surface area contributed by atoms with Crippen LogP contribution in [0.25, 0.3) is 0 Å². The summed E-state index contributed by atoms with van der Waals surface area (Å²) in [4.78, 5) is 0. The van der Waals surface area contributed by atoms with Crippen LogP contribution < -0.4 is 0 Å². The maximum absolute atomic E-state index is 5.68. The minimum absolute atomic E-state index is 0.163. The van der Waals surface area contributed by atoms with Crippen molar-refractivity contribution in [1.82, 2.24) is 0 Å². The van der Waals surface area contributed by atoms with E-state index in [4.69, 9.17) is 9.47 Å². The first-order chi connectivity index (χ1) is 5.80. The van der Waals surface area contributed by atoms with Crippen molar-refractivity contribution >= 4 is 0 Å². The van der Waals surface area contributed by atoms with Crippen molar-refractivity contribution in [3.63, 3.8) is 0 Å². The van der Waals surface area contributed by atoms with Crippen molar-refractivity contribution in [3.8, 4) is 0 Å². The van der Waals surface area contributed by atoms with Gasteiger partial charge in [-0.1, -0.05) is 12.2 Å². The number of allylic oxidation sites excluding steroid dienone is 1. The maximum atomic E-state index is 5.68. The molecule has 1 saturated heterocycles. The van der Waals surface area contributed by atoms with Crippen LogP contribution in [0.5, 0.6) is 0 Å². The molecule has 2 heteroatoms. The second-order valence-corrected chi connectivity index (χ2v) is 4.24. The number of fused-ring (bicyclic) bond motifs is 2. The Labute approximate surface area is 72.5 Å². The van der Waals surface area contributed by atoms with Crippen LogP contribution in [0.4, 0.5) is 0 Å². The summed E-state index contributed by atoms with van der Waals surface area (Å²) in [5.74, 6) is 1.28. The van der Waals surface area contributed by atoms with E-state index in [0.717, 1.165) is 32.0 Å². The van der Waals surface area contributed by atoms with Gasteiger partial charge in [0, 0.05) is 12.3 Å². The van der Waals surface area contributed by atoms with Crippen molar-refractivity contribution in [2.75, 3.05) is 13.2 Å². The fourth-order valence-corrected chi connectivity index (χ4v) is 2.96. The van der Waals surface area contributed by atoms with Gasteiger partial charge in [0.05, 0.1) is 13.2 Å². The molecule has 3 aliphatic rings. The second kappa shape index (κ2) is 2.12. The van der Waals surface area contributed by atoms with E-state index in [1.165, 1.54) is 12.0 Å². The molecule has 0 N–H and O–H groups in total. The molecule has 2 nitrogen and oxygen atoms in total. The molecule has 2 aliphatic carbocycles. The van der Waals surface area contributed by atoms with E-state index in [9.17, 15) is 0 Å².